The highest BCUT2D eigenvalue weighted by Crippen LogP contribution is 2.62. The van der Waals surface area contributed by atoms with Crippen molar-refractivity contribution in [3.05, 3.63) is 52.6 Å². The summed E-state index contributed by atoms with van der Waals surface area (Å²) in [6.07, 6.45) is 14.7. The molecule has 1 aromatic carbocycles. The highest BCUT2D eigenvalue weighted by atomic mass is 16.5. The SMILES string of the molecule is C#C/C=C(C#N)\C=C(/C)c1ccc2c(c1)C1(N=C(N)C(CC)=N1)C1(CCC(OC)CC1)C2. The average molecular weight is 427 g/mol. The second-order valence-corrected chi connectivity index (χ2v) is 9.05. The van der Waals surface area contributed by atoms with Crippen LogP contribution in [0.25, 0.3) is 5.57 Å². The van der Waals surface area contributed by atoms with Crippen LogP contribution in [0, 0.1) is 29.1 Å². The Balaban J connectivity index is 1.83. The van der Waals surface area contributed by atoms with Gasteiger partial charge in [-0.2, -0.15) is 5.26 Å². The van der Waals surface area contributed by atoms with Crippen LogP contribution in [0.4, 0.5) is 0 Å². The number of nitrogens with zero attached hydrogens (tertiary/aromatic N) is 3. The first-order valence-corrected chi connectivity index (χ1v) is 11.3. The molecule has 1 unspecified atom stereocenters. The molecule has 164 valence electrons. The molecule has 0 aromatic heterocycles. The number of amidine groups is 1. The summed E-state index contributed by atoms with van der Waals surface area (Å²) < 4.78 is 5.65. The number of hydrogen-bond donors (Lipinski definition) is 1. The number of nitriles is 1. The molecular weight excluding hydrogens is 396 g/mol. The predicted molar refractivity (Wildman–Crippen MR) is 129 cm³/mol. The number of hydrogen-bond acceptors (Lipinski definition) is 5. The van der Waals surface area contributed by atoms with Gasteiger partial charge in [0.25, 0.3) is 0 Å². The first kappa shape index (κ1) is 22.1. The second kappa shape index (κ2) is 8.41. The third-order valence-corrected chi connectivity index (χ3v) is 7.38. The first-order chi connectivity index (χ1) is 15.4. The van der Waals surface area contributed by atoms with E-state index in [1.807, 2.05) is 13.0 Å². The van der Waals surface area contributed by atoms with E-state index in [2.05, 4.69) is 37.1 Å². The van der Waals surface area contributed by atoms with Gasteiger partial charge in [-0.05, 0) is 74.3 Å². The first-order valence-electron chi connectivity index (χ1n) is 11.3. The third-order valence-electron chi connectivity index (χ3n) is 7.38. The molecule has 2 N–H and O–H groups in total. The van der Waals surface area contributed by atoms with Crippen molar-refractivity contribution in [3.63, 3.8) is 0 Å². The number of rotatable bonds is 4. The molecule has 2 aliphatic carbocycles. The minimum absolute atomic E-state index is 0.0800. The zero-order valence-corrected chi connectivity index (χ0v) is 19.1. The van der Waals surface area contributed by atoms with Gasteiger partial charge in [-0.3, -0.25) is 4.99 Å². The summed E-state index contributed by atoms with van der Waals surface area (Å²) in [4.78, 5) is 10.3. The van der Waals surface area contributed by atoms with Crippen LogP contribution in [0.1, 0.15) is 62.6 Å². The normalized spacial score (nSPS) is 29.5. The van der Waals surface area contributed by atoms with Crippen LogP contribution in [0.15, 0.2) is 45.9 Å². The summed E-state index contributed by atoms with van der Waals surface area (Å²) in [5, 5.41) is 9.35. The lowest BCUT2D eigenvalue weighted by molar-refractivity contribution is -0.000395. The monoisotopic (exact) mass is 426 g/mol. The maximum absolute atomic E-state index is 9.35. The molecule has 1 aromatic rings. The second-order valence-electron chi connectivity index (χ2n) is 9.05. The van der Waals surface area contributed by atoms with Crippen molar-refractivity contribution in [1.82, 2.24) is 0 Å². The molecule has 1 atom stereocenters. The number of ether oxygens (including phenoxy) is 1. The molecule has 1 aliphatic heterocycles. The predicted octanol–water partition coefficient (Wildman–Crippen LogP) is 4.68. The molecule has 4 rings (SSSR count). The summed E-state index contributed by atoms with van der Waals surface area (Å²) in [5.41, 5.74) is 11.4. The van der Waals surface area contributed by atoms with Crippen molar-refractivity contribution < 1.29 is 4.74 Å². The van der Waals surface area contributed by atoms with Gasteiger partial charge in [0.2, 0.25) is 0 Å². The molecule has 2 spiro atoms. The van der Waals surface area contributed by atoms with Crippen LogP contribution in [-0.2, 0) is 16.8 Å². The van der Waals surface area contributed by atoms with E-state index in [-0.39, 0.29) is 5.41 Å². The lowest BCUT2D eigenvalue weighted by Gasteiger charge is -2.44. The summed E-state index contributed by atoms with van der Waals surface area (Å²) in [6, 6.07) is 8.66. The summed E-state index contributed by atoms with van der Waals surface area (Å²) in [7, 11) is 1.80. The van der Waals surface area contributed by atoms with Crippen LogP contribution < -0.4 is 5.73 Å². The fraction of sp³-hybridized carbons (Fsp3) is 0.444. The lowest BCUT2D eigenvalue weighted by atomic mass is 9.65. The van der Waals surface area contributed by atoms with Crippen molar-refractivity contribution in [3.8, 4) is 18.4 Å². The molecule has 1 heterocycles. The topological polar surface area (TPSA) is 83.8 Å². The van der Waals surface area contributed by atoms with Gasteiger partial charge in [-0.25, -0.2) is 4.99 Å². The highest BCUT2D eigenvalue weighted by Gasteiger charge is 2.60. The van der Waals surface area contributed by atoms with Gasteiger partial charge in [0, 0.05) is 24.2 Å². The molecule has 1 fully saturated rings. The highest BCUT2D eigenvalue weighted by molar-refractivity contribution is 6.42. The van der Waals surface area contributed by atoms with Crippen LogP contribution in [0.5, 0.6) is 0 Å². The van der Waals surface area contributed by atoms with Gasteiger partial charge in [0.1, 0.15) is 5.84 Å². The number of nitrogens with two attached hydrogens (primary N) is 1. The van der Waals surface area contributed by atoms with Gasteiger partial charge in [0.15, 0.2) is 5.66 Å². The molecule has 5 heteroatoms. The third kappa shape index (κ3) is 3.38. The van der Waals surface area contributed by atoms with Gasteiger partial charge in [-0.15, -0.1) is 6.42 Å². The Morgan fingerprint density at radius 1 is 1.34 bits per heavy atom. The lowest BCUT2D eigenvalue weighted by Crippen LogP contribution is -2.43. The van der Waals surface area contributed by atoms with E-state index < -0.39 is 5.66 Å². The standard InChI is InChI=1S/C27H30N4O/c1-5-7-19(17-28)14-18(3)20-8-9-21-16-26(12-10-22(32-4)11-13-26)27(23(21)15-20)30-24(6-2)25(29)31-27/h1,7-9,14-15,22H,6,10-13,16H2,2-4H3,(H2,29,31)/b18-14+,19-7+. The number of benzene rings is 1. The van der Waals surface area contributed by atoms with E-state index in [1.165, 1.54) is 11.6 Å². The molecule has 0 radical (unpaired) electrons. The van der Waals surface area contributed by atoms with Crippen molar-refractivity contribution in [2.24, 2.45) is 21.1 Å². The van der Waals surface area contributed by atoms with E-state index in [1.54, 1.807) is 7.11 Å². The number of methoxy groups -OCH3 is 1. The Bertz CT molecular complexity index is 1130. The molecule has 5 nitrogen and oxygen atoms in total. The van der Waals surface area contributed by atoms with Crippen LogP contribution in [-0.4, -0.2) is 24.8 Å². The minimum Gasteiger partial charge on any atom is -0.382 e. The maximum Gasteiger partial charge on any atom is 0.184 e. The molecule has 0 amide bonds. The fourth-order valence-corrected chi connectivity index (χ4v) is 5.63. The molecule has 32 heavy (non-hydrogen) atoms. The molecule has 0 bridgehead atoms. The van der Waals surface area contributed by atoms with Gasteiger partial charge in [-0.1, -0.05) is 25.0 Å². The van der Waals surface area contributed by atoms with Crippen LogP contribution in [0.2, 0.25) is 0 Å². The summed E-state index contributed by atoms with van der Waals surface area (Å²) >= 11 is 0. The van der Waals surface area contributed by atoms with Gasteiger partial charge < -0.3 is 10.5 Å². The smallest absolute Gasteiger partial charge is 0.184 e. The molecular formula is C27H30N4O. The van der Waals surface area contributed by atoms with Crippen molar-refractivity contribution >= 4 is 17.1 Å². The van der Waals surface area contributed by atoms with Crippen molar-refractivity contribution in [1.29, 1.82) is 5.26 Å². The van der Waals surface area contributed by atoms with Crippen molar-refractivity contribution in [2.45, 2.75) is 64.1 Å². The number of aliphatic imine (C=N–C) groups is 2. The Hall–Kier alpha value is -3.15. The van der Waals surface area contributed by atoms with E-state index in [4.69, 9.17) is 26.9 Å². The minimum atomic E-state index is -0.667. The number of allylic oxidation sites excluding steroid dienone is 4. The summed E-state index contributed by atoms with van der Waals surface area (Å²) in [5.74, 6) is 3.00. The Morgan fingerprint density at radius 2 is 2.09 bits per heavy atom. The largest absolute Gasteiger partial charge is 0.382 e. The molecule has 1 saturated carbocycles. The molecule has 0 saturated heterocycles. The zero-order valence-electron chi connectivity index (χ0n) is 19.1. The number of fused-ring (bicyclic) bond motifs is 3. The van der Waals surface area contributed by atoms with E-state index in [0.29, 0.717) is 17.5 Å². The zero-order chi connectivity index (χ0) is 22.9. The van der Waals surface area contributed by atoms with Crippen molar-refractivity contribution in [2.75, 3.05) is 7.11 Å². The van der Waals surface area contributed by atoms with E-state index >= 15 is 0 Å². The Kier molecular flexibility index (Phi) is 5.80. The average Bonchev–Trinajstić information content (AvgIpc) is 3.28. The quantitative estimate of drug-likeness (QED) is 0.431. The number of terminal acetylenes is 1. The van der Waals surface area contributed by atoms with E-state index in [0.717, 1.165) is 60.9 Å². The van der Waals surface area contributed by atoms with Gasteiger partial charge in [0.05, 0.1) is 23.5 Å². The maximum atomic E-state index is 9.35. The van der Waals surface area contributed by atoms with Crippen LogP contribution >= 0.6 is 0 Å². The fourth-order valence-electron chi connectivity index (χ4n) is 5.63. The Morgan fingerprint density at radius 3 is 2.69 bits per heavy atom. The van der Waals surface area contributed by atoms with E-state index in [9.17, 15) is 5.26 Å². The van der Waals surface area contributed by atoms with Gasteiger partial charge >= 0.3 is 0 Å². The Labute approximate surface area is 190 Å². The summed E-state index contributed by atoms with van der Waals surface area (Å²) in [6.45, 7) is 4.08. The molecule has 3 aliphatic rings. The van der Waals surface area contributed by atoms with Crippen LogP contribution in [0.3, 0.4) is 0 Å².